The van der Waals surface area contributed by atoms with Gasteiger partial charge in [-0.1, -0.05) is 29.8 Å². The summed E-state index contributed by atoms with van der Waals surface area (Å²) < 4.78 is 7.16. The van der Waals surface area contributed by atoms with Gasteiger partial charge in [0.25, 0.3) is 5.91 Å². The molecule has 0 spiro atoms. The van der Waals surface area contributed by atoms with E-state index in [1.165, 1.54) is 11.1 Å². The quantitative estimate of drug-likeness (QED) is 0.594. The average molecular weight is 422 g/mol. The van der Waals surface area contributed by atoms with Crippen molar-refractivity contribution in [3.05, 3.63) is 64.1 Å². The van der Waals surface area contributed by atoms with Crippen LogP contribution in [0.2, 0.25) is 0 Å². The molecule has 1 amide bonds. The maximum Gasteiger partial charge on any atom is 0.256 e. The van der Waals surface area contributed by atoms with E-state index in [0.29, 0.717) is 17.8 Å². The Morgan fingerprint density at radius 3 is 2.61 bits per heavy atom. The van der Waals surface area contributed by atoms with Crippen LogP contribution in [-0.4, -0.2) is 64.8 Å². The van der Waals surface area contributed by atoms with Gasteiger partial charge in [0, 0.05) is 37.4 Å². The highest BCUT2D eigenvalue weighted by Crippen LogP contribution is 2.20. The molecule has 2 aromatic heterocycles. The van der Waals surface area contributed by atoms with Crippen molar-refractivity contribution in [3.63, 3.8) is 0 Å². The molecule has 7 heteroatoms. The number of aryl methyl sites for hydroxylation is 3. The van der Waals surface area contributed by atoms with Crippen molar-refractivity contribution in [2.45, 2.75) is 33.6 Å². The van der Waals surface area contributed by atoms with Crippen LogP contribution in [0.1, 0.15) is 44.9 Å². The van der Waals surface area contributed by atoms with Crippen molar-refractivity contribution in [2.75, 3.05) is 39.4 Å². The van der Waals surface area contributed by atoms with E-state index in [2.05, 4.69) is 46.5 Å². The van der Waals surface area contributed by atoms with Crippen LogP contribution >= 0.6 is 0 Å². The van der Waals surface area contributed by atoms with Crippen LogP contribution in [0.5, 0.6) is 0 Å². The number of ether oxygens (including phenoxy) is 1. The minimum Gasteiger partial charge on any atom is -0.379 e. The third-order valence-corrected chi connectivity index (χ3v) is 6.00. The summed E-state index contributed by atoms with van der Waals surface area (Å²) in [5, 5.41) is 7.49. The lowest BCUT2D eigenvalue weighted by atomic mass is 10.0. The highest BCUT2D eigenvalue weighted by atomic mass is 16.5. The van der Waals surface area contributed by atoms with Crippen LogP contribution in [0.15, 0.2) is 30.5 Å². The number of morpholine rings is 1. The number of amides is 1. The summed E-state index contributed by atoms with van der Waals surface area (Å²) in [4.78, 5) is 19.9. The second-order valence-electron chi connectivity index (χ2n) is 8.28. The Labute approximate surface area is 183 Å². The van der Waals surface area contributed by atoms with E-state index < -0.39 is 0 Å². The van der Waals surface area contributed by atoms with Gasteiger partial charge in [-0.3, -0.25) is 9.69 Å². The zero-order valence-electron chi connectivity index (χ0n) is 18.6. The summed E-state index contributed by atoms with van der Waals surface area (Å²) in [6.07, 6.45) is 3.34. The van der Waals surface area contributed by atoms with E-state index in [0.717, 1.165) is 62.6 Å². The molecule has 0 aliphatic carbocycles. The molecule has 1 aliphatic rings. The summed E-state index contributed by atoms with van der Waals surface area (Å²) in [5.74, 6) is -0.116. The number of benzene rings is 1. The van der Waals surface area contributed by atoms with E-state index in [9.17, 15) is 4.79 Å². The molecule has 7 nitrogen and oxygen atoms in total. The second kappa shape index (κ2) is 9.58. The first kappa shape index (κ1) is 21.5. The van der Waals surface area contributed by atoms with Gasteiger partial charge in [0.15, 0.2) is 5.65 Å². The number of rotatable bonds is 7. The molecule has 3 heterocycles. The summed E-state index contributed by atoms with van der Waals surface area (Å²) in [5.41, 5.74) is 6.74. The van der Waals surface area contributed by atoms with Gasteiger partial charge in [-0.05, 0) is 44.9 Å². The van der Waals surface area contributed by atoms with E-state index in [1.807, 2.05) is 13.8 Å². The Morgan fingerprint density at radius 2 is 1.87 bits per heavy atom. The molecule has 0 radical (unpaired) electrons. The maximum absolute atomic E-state index is 12.8. The fraction of sp³-hybridized carbons (Fsp3) is 0.458. The first-order valence-electron chi connectivity index (χ1n) is 11.0. The number of hydrogen-bond donors (Lipinski definition) is 1. The van der Waals surface area contributed by atoms with Gasteiger partial charge < -0.3 is 10.1 Å². The highest BCUT2D eigenvalue weighted by molar-refractivity contribution is 5.99. The topological polar surface area (TPSA) is 71.8 Å². The Balaban J connectivity index is 1.44. The number of nitrogens with one attached hydrogen (secondary N) is 1. The molecule has 0 unspecified atom stereocenters. The van der Waals surface area contributed by atoms with Crippen molar-refractivity contribution < 1.29 is 9.53 Å². The molecule has 1 aliphatic heterocycles. The lowest BCUT2D eigenvalue weighted by Crippen LogP contribution is -2.38. The van der Waals surface area contributed by atoms with Crippen LogP contribution < -0.4 is 5.32 Å². The summed E-state index contributed by atoms with van der Waals surface area (Å²) in [6.45, 7) is 11.3. The van der Waals surface area contributed by atoms with Crippen LogP contribution in [0.4, 0.5) is 0 Å². The van der Waals surface area contributed by atoms with Gasteiger partial charge in [-0.2, -0.15) is 5.10 Å². The van der Waals surface area contributed by atoms with Gasteiger partial charge in [0.1, 0.15) is 5.56 Å². The van der Waals surface area contributed by atoms with E-state index in [1.54, 1.807) is 10.7 Å². The fourth-order valence-electron chi connectivity index (χ4n) is 4.06. The molecule has 0 bridgehead atoms. The Morgan fingerprint density at radius 1 is 1.13 bits per heavy atom. The molecule has 31 heavy (non-hydrogen) atoms. The fourth-order valence-corrected chi connectivity index (χ4v) is 4.06. The third-order valence-electron chi connectivity index (χ3n) is 6.00. The SMILES string of the molecule is Cc1ccc(Cc2c(C)nc3c(C(=O)NCCCN4CCOCC4)cnn3c2C)cc1. The van der Waals surface area contributed by atoms with Crippen LogP contribution in [0.25, 0.3) is 5.65 Å². The van der Waals surface area contributed by atoms with Gasteiger partial charge >= 0.3 is 0 Å². The molecule has 164 valence electrons. The molecule has 3 aromatic rings. The van der Waals surface area contributed by atoms with Gasteiger partial charge in [0.05, 0.1) is 19.4 Å². The lowest BCUT2D eigenvalue weighted by Gasteiger charge is -2.26. The number of nitrogens with zero attached hydrogens (tertiary/aromatic N) is 4. The zero-order valence-corrected chi connectivity index (χ0v) is 18.6. The minimum absolute atomic E-state index is 0.116. The summed E-state index contributed by atoms with van der Waals surface area (Å²) in [7, 11) is 0. The van der Waals surface area contributed by atoms with Gasteiger partial charge in [-0.25, -0.2) is 9.50 Å². The monoisotopic (exact) mass is 421 g/mol. The Bertz CT molecular complexity index is 1050. The van der Waals surface area contributed by atoms with Gasteiger partial charge in [0.2, 0.25) is 0 Å². The first-order valence-corrected chi connectivity index (χ1v) is 11.0. The highest BCUT2D eigenvalue weighted by Gasteiger charge is 2.18. The standard InChI is InChI=1S/C24H31N5O2/c1-17-5-7-20(8-6-17)15-21-18(2)27-23-22(16-26-29(23)19(21)3)24(30)25-9-4-10-28-11-13-31-14-12-28/h5-8,16H,4,9-15H2,1-3H3,(H,25,30). The zero-order chi connectivity index (χ0) is 21.8. The number of hydrogen-bond acceptors (Lipinski definition) is 5. The number of fused-ring (bicyclic) bond motifs is 1. The summed E-state index contributed by atoms with van der Waals surface area (Å²) in [6, 6.07) is 8.55. The average Bonchev–Trinajstić information content (AvgIpc) is 3.20. The van der Waals surface area contributed by atoms with Crippen molar-refractivity contribution >= 4 is 11.6 Å². The van der Waals surface area contributed by atoms with Crippen LogP contribution in [-0.2, 0) is 11.2 Å². The van der Waals surface area contributed by atoms with Crippen LogP contribution in [0, 0.1) is 20.8 Å². The predicted octanol–water partition coefficient (Wildman–Crippen LogP) is 2.70. The first-order chi connectivity index (χ1) is 15.0. The van der Waals surface area contributed by atoms with E-state index in [4.69, 9.17) is 9.72 Å². The normalized spacial score (nSPS) is 14.8. The molecule has 4 rings (SSSR count). The molecule has 1 saturated heterocycles. The van der Waals surface area contributed by atoms with Crippen LogP contribution in [0.3, 0.4) is 0 Å². The Kier molecular flexibility index (Phi) is 6.63. The smallest absolute Gasteiger partial charge is 0.256 e. The van der Waals surface area contributed by atoms with E-state index >= 15 is 0 Å². The third kappa shape index (κ3) is 4.94. The predicted molar refractivity (Wildman–Crippen MR) is 121 cm³/mol. The van der Waals surface area contributed by atoms with Crippen molar-refractivity contribution in [3.8, 4) is 0 Å². The van der Waals surface area contributed by atoms with Crippen molar-refractivity contribution in [2.24, 2.45) is 0 Å². The molecule has 1 fully saturated rings. The second-order valence-corrected chi connectivity index (χ2v) is 8.28. The molecule has 1 N–H and O–H groups in total. The van der Waals surface area contributed by atoms with E-state index in [-0.39, 0.29) is 5.91 Å². The molecular formula is C24H31N5O2. The molecular weight excluding hydrogens is 390 g/mol. The molecule has 0 atom stereocenters. The lowest BCUT2D eigenvalue weighted by molar-refractivity contribution is 0.0374. The number of carbonyl (C=O) groups excluding carboxylic acids is 1. The van der Waals surface area contributed by atoms with Crippen molar-refractivity contribution in [1.29, 1.82) is 0 Å². The number of carbonyl (C=O) groups is 1. The molecule has 1 aromatic carbocycles. The summed E-state index contributed by atoms with van der Waals surface area (Å²) >= 11 is 0. The van der Waals surface area contributed by atoms with Crippen molar-refractivity contribution in [1.82, 2.24) is 24.8 Å². The maximum atomic E-state index is 12.8. The van der Waals surface area contributed by atoms with Gasteiger partial charge in [-0.15, -0.1) is 0 Å². The largest absolute Gasteiger partial charge is 0.379 e. The molecule has 0 saturated carbocycles. The minimum atomic E-state index is -0.116. The number of aromatic nitrogens is 3. The Hall–Kier alpha value is -2.77.